The van der Waals surface area contributed by atoms with Crippen molar-refractivity contribution in [2.75, 3.05) is 19.6 Å². The van der Waals surface area contributed by atoms with Crippen LogP contribution in [0, 0.1) is 0 Å². The third-order valence-corrected chi connectivity index (χ3v) is 4.01. The van der Waals surface area contributed by atoms with Gasteiger partial charge in [0, 0.05) is 6.54 Å². The molecule has 0 radical (unpaired) electrons. The van der Waals surface area contributed by atoms with Crippen LogP contribution in [0.25, 0.3) is 0 Å². The molecule has 2 heteroatoms. The highest BCUT2D eigenvalue weighted by atomic mass is 16.3. The van der Waals surface area contributed by atoms with Crippen molar-refractivity contribution in [3.63, 3.8) is 0 Å². The van der Waals surface area contributed by atoms with Crippen LogP contribution in [0.1, 0.15) is 63.7 Å². The number of aryl methyl sites for hydroxylation is 1. The molecule has 0 spiro atoms. The fraction of sp³-hybridized carbons (Fsp3) is 0.667. The van der Waals surface area contributed by atoms with Crippen LogP contribution < -0.4 is 0 Å². The fourth-order valence-electron chi connectivity index (χ4n) is 2.49. The van der Waals surface area contributed by atoms with E-state index in [1.165, 1.54) is 31.2 Å². The normalized spacial score (nSPS) is 12.8. The number of rotatable bonds is 10. The van der Waals surface area contributed by atoms with Gasteiger partial charge in [-0.2, -0.15) is 0 Å². The molecule has 1 aromatic rings. The molecular weight excluding hydrogens is 246 g/mol. The first-order chi connectivity index (χ1) is 9.71. The summed E-state index contributed by atoms with van der Waals surface area (Å²) in [4.78, 5) is 2.25. The Morgan fingerprint density at radius 1 is 0.950 bits per heavy atom. The van der Waals surface area contributed by atoms with Gasteiger partial charge in [0.25, 0.3) is 0 Å². The molecule has 0 aliphatic rings. The van der Waals surface area contributed by atoms with Crippen molar-refractivity contribution in [1.29, 1.82) is 0 Å². The van der Waals surface area contributed by atoms with Gasteiger partial charge in [-0.05, 0) is 37.1 Å². The van der Waals surface area contributed by atoms with Crippen molar-refractivity contribution in [3.05, 3.63) is 35.4 Å². The van der Waals surface area contributed by atoms with E-state index in [9.17, 15) is 5.11 Å². The van der Waals surface area contributed by atoms with Gasteiger partial charge in [0.15, 0.2) is 0 Å². The SMILES string of the molecule is CCCCCCc1ccc(C(O)CN(CC)CC)cc1. The molecule has 0 amide bonds. The Labute approximate surface area is 124 Å². The van der Waals surface area contributed by atoms with E-state index in [1.807, 2.05) is 0 Å². The summed E-state index contributed by atoms with van der Waals surface area (Å²) < 4.78 is 0. The van der Waals surface area contributed by atoms with Crippen LogP contribution >= 0.6 is 0 Å². The summed E-state index contributed by atoms with van der Waals surface area (Å²) in [7, 11) is 0. The predicted molar refractivity (Wildman–Crippen MR) is 87.0 cm³/mol. The van der Waals surface area contributed by atoms with E-state index < -0.39 is 0 Å². The minimum atomic E-state index is -0.371. The van der Waals surface area contributed by atoms with Gasteiger partial charge in [-0.25, -0.2) is 0 Å². The number of hydrogen-bond donors (Lipinski definition) is 1. The minimum Gasteiger partial charge on any atom is -0.387 e. The van der Waals surface area contributed by atoms with Crippen LogP contribution in [-0.2, 0) is 6.42 Å². The van der Waals surface area contributed by atoms with Crippen LogP contribution in [0.15, 0.2) is 24.3 Å². The lowest BCUT2D eigenvalue weighted by atomic mass is 10.0. The monoisotopic (exact) mass is 277 g/mol. The van der Waals surface area contributed by atoms with E-state index in [0.29, 0.717) is 0 Å². The lowest BCUT2D eigenvalue weighted by Crippen LogP contribution is -2.28. The summed E-state index contributed by atoms with van der Waals surface area (Å²) in [6.07, 6.45) is 6.01. The molecule has 0 fully saturated rings. The quantitative estimate of drug-likeness (QED) is 0.648. The van der Waals surface area contributed by atoms with E-state index in [0.717, 1.165) is 31.6 Å². The molecule has 1 rings (SSSR count). The third kappa shape index (κ3) is 6.06. The van der Waals surface area contributed by atoms with E-state index in [2.05, 4.69) is 49.9 Å². The van der Waals surface area contributed by atoms with Crippen LogP contribution in [0.4, 0.5) is 0 Å². The third-order valence-electron chi connectivity index (χ3n) is 4.01. The van der Waals surface area contributed by atoms with Crippen LogP contribution in [0.3, 0.4) is 0 Å². The summed E-state index contributed by atoms with van der Waals surface area (Å²) >= 11 is 0. The molecule has 2 nitrogen and oxygen atoms in total. The molecule has 1 unspecified atom stereocenters. The van der Waals surface area contributed by atoms with Gasteiger partial charge in [0.2, 0.25) is 0 Å². The lowest BCUT2D eigenvalue weighted by Gasteiger charge is -2.22. The average Bonchev–Trinajstić information content (AvgIpc) is 2.49. The Morgan fingerprint density at radius 2 is 1.60 bits per heavy atom. The van der Waals surface area contributed by atoms with Crippen LogP contribution in [-0.4, -0.2) is 29.6 Å². The molecule has 0 saturated carbocycles. The second-order valence-electron chi connectivity index (χ2n) is 5.55. The lowest BCUT2D eigenvalue weighted by molar-refractivity contribution is 0.119. The van der Waals surface area contributed by atoms with E-state index in [-0.39, 0.29) is 6.10 Å². The smallest absolute Gasteiger partial charge is 0.0916 e. The van der Waals surface area contributed by atoms with Gasteiger partial charge in [-0.1, -0.05) is 64.3 Å². The standard InChI is InChI=1S/C18H31NO/c1-4-7-8-9-10-16-11-13-17(14-12-16)18(20)15-19(5-2)6-3/h11-14,18,20H,4-10,15H2,1-3H3. The van der Waals surface area contributed by atoms with Crippen molar-refractivity contribution in [2.45, 2.75) is 59.0 Å². The van der Waals surface area contributed by atoms with Crippen molar-refractivity contribution >= 4 is 0 Å². The molecule has 20 heavy (non-hydrogen) atoms. The summed E-state index contributed by atoms with van der Waals surface area (Å²) in [6.45, 7) is 9.21. The minimum absolute atomic E-state index is 0.371. The number of nitrogens with zero attached hydrogens (tertiary/aromatic N) is 1. The van der Waals surface area contributed by atoms with Gasteiger partial charge < -0.3 is 10.0 Å². The molecule has 0 aliphatic carbocycles. The summed E-state index contributed by atoms with van der Waals surface area (Å²) in [6, 6.07) is 8.52. The number of aliphatic hydroxyl groups is 1. The molecule has 114 valence electrons. The Bertz CT molecular complexity index is 343. The molecule has 1 aromatic carbocycles. The van der Waals surface area contributed by atoms with Gasteiger partial charge in [-0.3, -0.25) is 0 Å². The average molecular weight is 277 g/mol. The first kappa shape index (κ1) is 17.2. The maximum atomic E-state index is 10.2. The number of likely N-dealkylation sites (N-methyl/N-ethyl adjacent to an activating group) is 1. The predicted octanol–water partition coefficient (Wildman–Crippen LogP) is 4.18. The zero-order valence-electron chi connectivity index (χ0n) is 13.4. The van der Waals surface area contributed by atoms with Crippen molar-refractivity contribution in [1.82, 2.24) is 4.90 Å². The van der Waals surface area contributed by atoms with Gasteiger partial charge in [-0.15, -0.1) is 0 Å². The maximum absolute atomic E-state index is 10.2. The largest absolute Gasteiger partial charge is 0.387 e. The summed E-state index contributed by atoms with van der Waals surface area (Å²) in [5, 5.41) is 10.2. The highest BCUT2D eigenvalue weighted by Crippen LogP contribution is 2.16. The second kappa shape index (κ2) is 9.95. The van der Waals surface area contributed by atoms with Crippen LogP contribution in [0.2, 0.25) is 0 Å². The highest BCUT2D eigenvalue weighted by Gasteiger charge is 2.11. The van der Waals surface area contributed by atoms with Crippen molar-refractivity contribution in [3.8, 4) is 0 Å². The zero-order chi connectivity index (χ0) is 14.8. The topological polar surface area (TPSA) is 23.5 Å². The van der Waals surface area contributed by atoms with E-state index in [1.54, 1.807) is 0 Å². The number of benzene rings is 1. The first-order valence-corrected chi connectivity index (χ1v) is 8.20. The molecular formula is C18H31NO. The molecule has 0 bridgehead atoms. The number of unbranched alkanes of at least 4 members (excludes halogenated alkanes) is 3. The zero-order valence-corrected chi connectivity index (χ0v) is 13.4. The molecule has 0 aromatic heterocycles. The number of aliphatic hydroxyl groups excluding tert-OH is 1. The Balaban J connectivity index is 2.44. The Hall–Kier alpha value is -0.860. The first-order valence-electron chi connectivity index (χ1n) is 8.20. The van der Waals surface area contributed by atoms with E-state index in [4.69, 9.17) is 0 Å². The van der Waals surface area contributed by atoms with E-state index >= 15 is 0 Å². The summed E-state index contributed by atoms with van der Waals surface area (Å²) in [5.41, 5.74) is 2.43. The molecule has 1 atom stereocenters. The van der Waals surface area contributed by atoms with Gasteiger partial charge in [0.05, 0.1) is 6.10 Å². The second-order valence-corrected chi connectivity index (χ2v) is 5.55. The van der Waals surface area contributed by atoms with Crippen molar-refractivity contribution in [2.24, 2.45) is 0 Å². The number of hydrogen-bond acceptors (Lipinski definition) is 2. The molecule has 0 aliphatic heterocycles. The fourth-order valence-corrected chi connectivity index (χ4v) is 2.49. The Morgan fingerprint density at radius 3 is 2.15 bits per heavy atom. The molecule has 1 N–H and O–H groups in total. The van der Waals surface area contributed by atoms with Crippen molar-refractivity contribution < 1.29 is 5.11 Å². The maximum Gasteiger partial charge on any atom is 0.0916 e. The van der Waals surface area contributed by atoms with Gasteiger partial charge in [0.1, 0.15) is 0 Å². The van der Waals surface area contributed by atoms with Crippen LogP contribution in [0.5, 0.6) is 0 Å². The Kier molecular flexibility index (Phi) is 8.56. The molecule has 0 heterocycles. The molecule has 0 saturated heterocycles. The highest BCUT2D eigenvalue weighted by molar-refractivity contribution is 5.24. The van der Waals surface area contributed by atoms with Gasteiger partial charge >= 0.3 is 0 Å². The summed E-state index contributed by atoms with van der Waals surface area (Å²) in [5.74, 6) is 0.